The Morgan fingerprint density at radius 1 is 0.340 bits per heavy atom. The highest BCUT2D eigenvalue weighted by Gasteiger charge is 2.14. The van der Waals surface area contributed by atoms with Crippen LogP contribution in [0.1, 0.15) is 0 Å². The normalized spacial score (nSPS) is 11.2. The first-order valence-corrected chi connectivity index (χ1v) is 17.7. The summed E-state index contributed by atoms with van der Waals surface area (Å²) >= 11 is 1.83. The van der Waals surface area contributed by atoms with Crippen molar-refractivity contribution in [3.05, 3.63) is 194 Å². The quantitative estimate of drug-likeness (QED) is 0.170. The second-order valence-electron chi connectivity index (χ2n) is 12.5. The van der Waals surface area contributed by atoms with Crippen molar-refractivity contribution in [1.29, 1.82) is 0 Å². The molecule has 0 fully saturated rings. The zero-order chi connectivity index (χ0) is 33.3. The SMILES string of the molecule is c1ccc(-c2ccc(N(c3ccc(-c4ccccc4)cc3)c3ccc(-c4cccc(-c5ccc6c(c5)sc5ccncc56)c4)cc3)cc2)cc1. The standard InChI is InChI=1S/C47H32N2S/c1-3-8-33(9-4-1)35-14-21-41(22-15-35)49(42-23-16-36(17-24-42)34-10-5-2-6-11-34)43-25-18-37(19-26-43)38-12-7-13-39(30-38)40-20-27-44-45-32-48-29-28-46(45)50-47(44)31-40/h1-32H. The van der Waals surface area contributed by atoms with Crippen molar-refractivity contribution in [3.8, 4) is 44.5 Å². The Labute approximate surface area is 296 Å². The highest BCUT2D eigenvalue weighted by molar-refractivity contribution is 7.25. The van der Waals surface area contributed by atoms with Crippen molar-refractivity contribution in [1.82, 2.24) is 4.98 Å². The Morgan fingerprint density at radius 3 is 1.34 bits per heavy atom. The van der Waals surface area contributed by atoms with Crippen LogP contribution in [0.15, 0.2) is 194 Å². The molecule has 2 aromatic heterocycles. The fourth-order valence-electron chi connectivity index (χ4n) is 6.80. The van der Waals surface area contributed by atoms with Gasteiger partial charge >= 0.3 is 0 Å². The minimum absolute atomic E-state index is 1.11. The number of fused-ring (bicyclic) bond motifs is 3. The van der Waals surface area contributed by atoms with Gasteiger partial charge in [-0.05, 0) is 99.1 Å². The lowest BCUT2D eigenvalue weighted by Crippen LogP contribution is -2.09. The fraction of sp³-hybridized carbons (Fsp3) is 0. The summed E-state index contributed by atoms with van der Waals surface area (Å²) in [4.78, 5) is 6.68. The number of pyridine rings is 1. The van der Waals surface area contributed by atoms with Crippen LogP contribution in [0.2, 0.25) is 0 Å². The summed E-state index contributed by atoms with van der Waals surface area (Å²) < 4.78 is 2.56. The molecular formula is C47H32N2S. The van der Waals surface area contributed by atoms with Gasteiger partial charge in [-0.1, -0.05) is 127 Å². The average molecular weight is 657 g/mol. The number of aromatic nitrogens is 1. The number of benzene rings is 7. The summed E-state index contributed by atoms with van der Waals surface area (Å²) in [5.74, 6) is 0. The third kappa shape index (κ3) is 5.74. The second-order valence-corrected chi connectivity index (χ2v) is 13.6. The number of anilines is 3. The second kappa shape index (κ2) is 13.0. The van der Waals surface area contributed by atoms with Gasteiger partial charge in [-0.2, -0.15) is 0 Å². The molecule has 0 aliphatic rings. The first-order chi connectivity index (χ1) is 24.8. The molecule has 0 spiro atoms. The highest BCUT2D eigenvalue weighted by atomic mass is 32.1. The van der Waals surface area contributed by atoms with Crippen LogP contribution in [-0.4, -0.2) is 4.98 Å². The lowest BCUT2D eigenvalue weighted by molar-refractivity contribution is 1.28. The van der Waals surface area contributed by atoms with Crippen molar-refractivity contribution in [3.63, 3.8) is 0 Å². The van der Waals surface area contributed by atoms with Gasteiger partial charge in [-0.25, -0.2) is 0 Å². The minimum atomic E-state index is 1.11. The topological polar surface area (TPSA) is 16.1 Å². The Balaban J connectivity index is 1.05. The number of hydrogen-bond acceptors (Lipinski definition) is 3. The molecule has 9 rings (SSSR count). The Hall–Kier alpha value is -6.29. The van der Waals surface area contributed by atoms with E-state index in [4.69, 9.17) is 0 Å². The first-order valence-electron chi connectivity index (χ1n) is 16.9. The minimum Gasteiger partial charge on any atom is -0.311 e. The summed E-state index contributed by atoms with van der Waals surface area (Å²) in [7, 11) is 0. The smallest absolute Gasteiger partial charge is 0.0462 e. The van der Waals surface area contributed by atoms with Gasteiger partial charge in [0.25, 0.3) is 0 Å². The van der Waals surface area contributed by atoms with Crippen LogP contribution in [0.25, 0.3) is 64.7 Å². The molecular weight excluding hydrogens is 625 g/mol. The van der Waals surface area contributed by atoms with Crippen LogP contribution in [0.3, 0.4) is 0 Å². The van der Waals surface area contributed by atoms with E-state index < -0.39 is 0 Å². The van der Waals surface area contributed by atoms with Crippen molar-refractivity contribution in [2.45, 2.75) is 0 Å². The van der Waals surface area contributed by atoms with Gasteiger partial charge in [-0.15, -0.1) is 11.3 Å². The Kier molecular flexibility index (Phi) is 7.73. The summed E-state index contributed by atoms with van der Waals surface area (Å²) in [6.07, 6.45) is 3.84. The number of thiophene rings is 1. The predicted molar refractivity (Wildman–Crippen MR) is 214 cm³/mol. The van der Waals surface area contributed by atoms with Crippen LogP contribution in [0.5, 0.6) is 0 Å². The molecule has 0 unspecified atom stereocenters. The van der Waals surface area contributed by atoms with Gasteiger partial charge in [0, 0.05) is 49.6 Å². The molecule has 236 valence electrons. The predicted octanol–water partition coefficient (Wildman–Crippen LogP) is 13.6. The molecule has 3 heteroatoms. The number of nitrogens with zero attached hydrogens (tertiary/aromatic N) is 2. The van der Waals surface area contributed by atoms with E-state index in [-0.39, 0.29) is 0 Å². The third-order valence-corrected chi connectivity index (χ3v) is 10.5. The van der Waals surface area contributed by atoms with Crippen LogP contribution in [0.4, 0.5) is 17.1 Å². The Bertz CT molecular complexity index is 2470. The molecule has 0 radical (unpaired) electrons. The van der Waals surface area contributed by atoms with Gasteiger partial charge in [0.15, 0.2) is 0 Å². The lowest BCUT2D eigenvalue weighted by atomic mass is 9.98. The highest BCUT2D eigenvalue weighted by Crippen LogP contribution is 2.39. The zero-order valence-corrected chi connectivity index (χ0v) is 28.1. The maximum absolute atomic E-state index is 4.35. The van der Waals surface area contributed by atoms with Crippen LogP contribution in [0, 0.1) is 0 Å². The lowest BCUT2D eigenvalue weighted by Gasteiger charge is -2.26. The van der Waals surface area contributed by atoms with Crippen molar-refractivity contribution >= 4 is 48.6 Å². The maximum Gasteiger partial charge on any atom is 0.0462 e. The summed E-state index contributed by atoms with van der Waals surface area (Å²) in [6.45, 7) is 0. The molecule has 2 heterocycles. The molecule has 2 nitrogen and oxygen atoms in total. The first kappa shape index (κ1) is 29.8. The Morgan fingerprint density at radius 2 is 0.780 bits per heavy atom. The van der Waals surface area contributed by atoms with Crippen molar-refractivity contribution in [2.24, 2.45) is 0 Å². The molecule has 0 aliphatic heterocycles. The van der Waals surface area contributed by atoms with E-state index in [1.165, 1.54) is 64.7 Å². The summed E-state index contributed by atoms with van der Waals surface area (Å²) in [5, 5.41) is 2.49. The van der Waals surface area contributed by atoms with Gasteiger partial charge in [0.2, 0.25) is 0 Å². The molecule has 0 amide bonds. The summed E-state index contributed by atoms with van der Waals surface area (Å²) in [5.41, 5.74) is 13.0. The molecule has 0 aliphatic carbocycles. The summed E-state index contributed by atoms with van der Waals surface area (Å²) in [6, 6.07) is 65.5. The molecule has 50 heavy (non-hydrogen) atoms. The van der Waals surface area contributed by atoms with Gasteiger partial charge in [-0.3, -0.25) is 4.98 Å². The molecule has 0 saturated heterocycles. The average Bonchev–Trinajstić information content (AvgIpc) is 3.58. The van der Waals surface area contributed by atoms with Crippen molar-refractivity contribution < 1.29 is 0 Å². The van der Waals surface area contributed by atoms with Crippen LogP contribution < -0.4 is 4.90 Å². The largest absolute Gasteiger partial charge is 0.311 e. The van der Waals surface area contributed by atoms with E-state index in [1.807, 2.05) is 23.7 Å². The van der Waals surface area contributed by atoms with E-state index in [0.29, 0.717) is 0 Å². The van der Waals surface area contributed by atoms with Crippen LogP contribution in [-0.2, 0) is 0 Å². The van der Waals surface area contributed by atoms with E-state index in [9.17, 15) is 0 Å². The van der Waals surface area contributed by atoms with Crippen LogP contribution >= 0.6 is 11.3 Å². The number of hydrogen-bond donors (Lipinski definition) is 0. The third-order valence-electron chi connectivity index (χ3n) is 9.39. The molecule has 0 atom stereocenters. The van der Waals surface area contributed by atoms with Gasteiger partial charge in [0.1, 0.15) is 0 Å². The fourth-order valence-corrected chi connectivity index (χ4v) is 7.91. The molecule has 0 bridgehead atoms. The molecule has 0 N–H and O–H groups in total. The van der Waals surface area contributed by atoms with E-state index in [0.717, 1.165) is 17.1 Å². The van der Waals surface area contributed by atoms with Gasteiger partial charge in [0.05, 0.1) is 0 Å². The molecule has 0 saturated carbocycles. The van der Waals surface area contributed by atoms with Gasteiger partial charge < -0.3 is 4.90 Å². The van der Waals surface area contributed by atoms with E-state index in [2.05, 4.69) is 192 Å². The number of rotatable bonds is 7. The van der Waals surface area contributed by atoms with E-state index in [1.54, 1.807) is 0 Å². The molecule has 9 aromatic rings. The van der Waals surface area contributed by atoms with E-state index >= 15 is 0 Å². The maximum atomic E-state index is 4.35. The van der Waals surface area contributed by atoms with Crippen molar-refractivity contribution in [2.75, 3.05) is 4.90 Å². The zero-order valence-electron chi connectivity index (χ0n) is 27.3. The molecule has 7 aromatic carbocycles. The monoisotopic (exact) mass is 656 g/mol.